The van der Waals surface area contributed by atoms with E-state index in [2.05, 4.69) is 12.2 Å². The number of carbonyl (C=O) groups excluding carboxylic acids is 1. The van der Waals surface area contributed by atoms with Crippen LogP contribution in [0.2, 0.25) is 0 Å². The normalized spacial score (nSPS) is 13.2. The van der Waals surface area contributed by atoms with Gasteiger partial charge < -0.3 is 14.8 Å². The number of amides is 1. The first-order valence-electron chi connectivity index (χ1n) is 7.32. The first-order chi connectivity index (χ1) is 10.3. The Morgan fingerprint density at radius 1 is 1.24 bits per heavy atom. The molecule has 1 aliphatic heterocycles. The van der Waals surface area contributed by atoms with Gasteiger partial charge in [0.25, 0.3) is 0 Å². The lowest BCUT2D eigenvalue weighted by molar-refractivity contribution is -0.116. The van der Waals surface area contributed by atoms with Gasteiger partial charge in [-0.1, -0.05) is 44.1 Å². The fourth-order valence-electron chi connectivity index (χ4n) is 1.97. The van der Waals surface area contributed by atoms with Crippen molar-refractivity contribution in [1.29, 1.82) is 0 Å². The summed E-state index contributed by atoms with van der Waals surface area (Å²) in [5, 5.41) is 2.85. The molecule has 0 aromatic heterocycles. The van der Waals surface area contributed by atoms with Crippen molar-refractivity contribution in [3.63, 3.8) is 0 Å². The van der Waals surface area contributed by atoms with E-state index in [1.54, 1.807) is 6.08 Å². The molecule has 0 aliphatic carbocycles. The summed E-state index contributed by atoms with van der Waals surface area (Å²) in [4.78, 5) is 11.5. The maximum absolute atomic E-state index is 11.5. The van der Waals surface area contributed by atoms with Crippen LogP contribution in [-0.4, -0.2) is 19.2 Å². The highest BCUT2D eigenvalue weighted by Crippen LogP contribution is 2.32. The fourth-order valence-corrected chi connectivity index (χ4v) is 1.97. The van der Waals surface area contributed by atoms with Gasteiger partial charge in [-0.25, -0.2) is 0 Å². The van der Waals surface area contributed by atoms with E-state index in [1.807, 2.05) is 30.4 Å². The first-order valence-corrected chi connectivity index (χ1v) is 7.32. The molecule has 1 N–H and O–H groups in total. The second-order valence-electron chi connectivity index (χ2n) is 4.83. The van der Waals surface area contributed by atoms with Gasteiger partial charge in [-0.3, -0.25) is 4.79 Å². The SMILES string of the molecule is CCCCCNC(=O)/C=C/C=C/c1ccc2c(c1)OCO2. The van der Waals surface area contributed by atoms with E-state index >= 15 is 0 Å². The Bertz CT molecular complexity index is 535. The highest BCUT2D eigenvalue weighted by atomic mass is 16.7. The summed E-state index contributed by atoms with van der Waals surface area (Å²) in [6.45, 7) is 3.16. The molecule has 2 rings (SSSR count). The Labute approximate surface area is 125 Å². The van der Waals surface area contributed by atoms with E-state index in [1.165, 1.54) is 6.08 Å². The lowest BCUT2D eigenvalue weighted by Crippen LogP contribution is -2.21. The standard InChI is InChI=1S/C17H21NO3/c1-2-3-6-11-18-17(19)8-5-4-7-14-9-10-15-16(12-14)21-13-20-15/h4-5,7-10,12H,2-3,6,11,13H2,1H3,(H,18,19)/b7-4+,8-5+. The van der Waals surface area contributed by atoms with Crippen molar-refractivity contribution in [2.45, 2.75) is 26.2 Å². The number of rotatable bonds is 7. The molecule has 0 spiro atoms. The zero-order valence-electron chi connectivity index (χ0n) is 12.3. The quantitative estimate of drug-likeness (QED) is 0.475. The molecule has 1 aliphatic rings. The molecule has 0 bridgehead atoms. The van der Waals surface area contributed by atoms with Crippen molar-refractivity contribution >= 4 is 12.0 Å². The van der Waals surface area contributed by atoms with Crippen molar-refractivity contribution in [1.82, 2.24) is 5.32 Å². The molecular weight excluding hydrogens is 266 g/mol. The summed E-state index contributed by atoms with van der Waals surface area (Å²) in [6, 6.07) is 5.74. The molecule has 1 aromatic carbocycles. The van der Waals surface area contributed by atoms with E-state index in [0.717, 1.165) is 42.9 Å². The molecule has 21 heavy (non-hydrogen) atoms. The van der Waals surface area contributed by atoms with Crippen LogP contribution in [0.1, 0.15) is 31.7 Å². The van der Waals surface area contributed by atoms with Crippen molar-refractivity contribution in [3.8, 4) is 11.5 Å². The van der Waals surface area contributed by atoms with Gasteiger partial charge in [-0.15, -0.1) is 0 Å². The molecule has 1 amide bonds. The first kappa shape index (κ1) is 15.2. The van der Waals surface area contributed by atoms with Crippen LogP contribution in [0.4, 0.5) is 0 Å². The van der Waals surface area contributed by atoms with Crippen LogP contribution in [0.5, 0.6) is 11.5 Å². The van der Waals surface area contributed by atoms with E-state index in [4.69, 9.17) is 9.47 Å². The van der Waals surface area contributed by atoms with Crippen molar-refractivity contribution in [2.75, 3.05) is 13.3 Å². The molecular formula is C17H21NO3. The average Bonchev–Trinajstić information content (AvgIpc) is 2.96. The summed E-state index contributed by atoms with van der Waals surface area (Å²) >= 11 is 0. The Balaban J connectivity index is 1.76. The molecule has 0 unspecified atom stereocenters. The summed E-state index contributed by atoms with van der Waals surface area (Å²) in [5.74, 6) is 1.48. The van der Waals surface area contributed by atoms with Crippen molar-refractivity contribution in [3.05, 3.63) is 42.0 Å². The summed E-state index contributed by atoms with van der Waals surface area (Å²) in [5.41, 5.74) is 1.01. The number of benzene rings is 1. The summed E-state index contributed by atoms with van der Waals surface area (Å²) in [7, 11) is 0. The predicted octanol–water partition coefficient (Wildman–Crippen LogP) is 3.29. The predicted molar refractivity (Wildman–Crippen MR) is 83.3 cm³/mol. The second-order valence-corrected chi connectivity index (χ2v) is 4.83. The van der Waals surface area contributed by atoms with Gasteiger partial charge in [0.1, 0.15) is 0 Å². The maximum atomic E-state index is 11.5. The summed E-state index contributed by atoms with van der Waals surface area (Å²) < 4.78 is 10.6. The Morgan fingerprint density at radius 3 is 2.95 bits per heavy atom. The third-order valence-corrected chi connectivity index (χ3v) is 3.12. The van der Waals surface area contributed by atoms with E-state index in [9.17, 15) is 4.79 Å². The van der Waals surface area contributed by atoms with Gasteiger partial charge in [-0.05, 0) is 24.1 Å². The fraction of sp³-hybridized carbons (Fsp3) is 0.353. The minimum absolute atomic E-state index is 0.0542. The molecule has 112 valence electrons. The largest absolute Gasteiger partial charge is 0.454 e. The summed E-state index contributed by atoms with van der Waals surface area (Å²) in [6.07, 6.45) is 10.4. The van der Waals surface area contributed by atoms with Gasteiger partial charge in [0.05, 0.1) is 0 Å². The minimum Gasteiger partial charge on any atom is -0.454 e. The third-order valence-electron chi connectivity index (χ3n) is 3.12. The van der Waals surface area contributed by atoms with E-state index < -0.39 is 0 Å². The highest BCUT2D eigenvalue weighted by molar-refractivity contribution is 5.87. The zero-order chi connectivity index (χ0) is 14.9. The van der Waals surface area contributed by atoms with Gasteiger partial charge in [0, 0.05) is 12.6 Å². The number of allylic oxidation sites excluding steroid dienone is 2. The van der Waals surface area contributed by atoms with Gasteiger partial charge >= 0.3 is 0 Å². The topological polar surface area (TPSA) is 47.6 Å². The molecule has 1 aromatic rings. The number of ether oxygens (including phenoxy) is 2. The van der Waals surface area contributed by atoms with E-state index in [-0.39, 0.29) is 12.7 Å². The van der Waals surface area contributed by atoms with Crippen LogP contribution in [0.3, 0.4) is 0 Å². The van der Waals surface area contributed by atoms with Crippen LogP contribution in [0.25, 0.3) is 6.08 Å². The highest BCUT2D eigenvalue weighted by Gasteiger charge is 2.11. The number of carbonyl (C=O) groups is 1. The monoisotopic (exact) mass is 287 g/mol. The zero-order valence-corrected chi connectivity index (χ0v) is 12.3. The van der Waals surface area contributed by atoms with Crippen LogP contribution in [-0.2, 0) is 4.79 Å². The van der Waals surface area contributed by atoms with Crippen LogP contribution >= 0.6 is 0 Å². The average molecular weight is 287 g/mol. The molecule has 0 atom stereocenters. The smallest absolute Gasteiger partial charge is 0.243 e. The molecule has 4 nitrogen and oxygen atoms in total. The van der Waals surface area contributed by atoms with Crippen LogP contribution < -0.4 is 14.8 Å². The number of hydrogen-bond acceptors (Lipinski definition) is 3. The molecule has 0 radical (unpaired) electrons. The van der Waals surface area contributed by atoms with Gasteiger partial charge in [0.15, 0.2) is 11.5 Å². The Kier molecular flexibility index (Phi) is 5.88. The molecule has 4 heteroatoms. The maximum Gasteiger partial charge on any atom is 0.243 e. The van der Waals surface area contributed by atoms with Gasteiger partial charge in [-0.2, -0.15) is 0 Å². The molecule has 0 saturated carbocycles. The van der Waals surface area contributed by atoms with Crippen molar-refractivity contribution < 1.29 is 14.3 Å². The Morgan fingerprint density at radius 2 is 2.10 bits per heavy atom. The van der Waals surface area contributed by atoms with Gasteiger partial charge in [0.2, 0.25) is 12.7 Å². The number of unbranched alkanes of at least 4 members (excludes halogenated alkanes) is 2. The molecule has 0 fully saturated rings. The Hall–Kier alpha value is -2.23. The number of hydrogen-bond donors (Lipinski definition) is 1. The van der Waals surface area contributed by atoms with E-state index in [0.29, 0.717) is 0 Å². The molecule has 1 heterocycles. The second kappa shape index (κ2) is 8.15. The van der Waals surface area contributed by atoms with Crippen LogP contribution in [0, 0.1) is 0 Å². The minimum atomic E-state index is -0.0542. The molecule has 0 saturated heterocycles. The number of nitrogens with one attached hydrogen (secondary N) is 1. The van der Waals surface area contributed by atoms with Crippen LogP contribution in [0.15, 0.2) is 36.4 Å². The lowest BCUT2D eigenvalue weighted by Gasteiger charge is -1.99. The van der Waals surface area contributed by atoms with Crippen molar-refractivity contribution in [2.24, 2.45) is 0 Å². The number of fused-ring (bicyclic) bond motifs is 1. The lowest BCUT2D eigenvalue weighted by atomic mass is 10.2. The third kappa shape index (κ3) is 4.99.